The van der Waals surface area contributed by atoms with Gasteiger partial charge in [0.15, 0.2) is 5.69 Å². The number of carbonyl (C=O) groups is 1. The third kappa shape index (κ3) is 3.51. The van der Waals surface area contributed by atoms with Gasteiger partial charge in [0.05, 0.1) is 15.7 Å². The van der Waals surface area contributed by atoms with Crippen LogP contribution in [-0.2, 0) is 12.8 Å². The molecule has 4 nitrogen and oxygen atoms in total. The van der Waals surface area contributed by atoms with Crippen molar-refractivity contribution < 1.29 is 4.79 Å². The maximum Gasteiger partial charge on any atom is 0.272 e. The third-order valence-corrected chi connectivity index (χ3v) is 8.95. The number of rotatable bonds is 3. The van der Waals surface area contributed by atoms with Crippen LogP contribution in [0, 0.1) is 17.8 Å². The standard InChI is InChI=1S/C25H29Cl2N3O/c26-20-7-6-18(11-21(20)27)30-22-5-3-1-2-4-19(22)23(29-30)24(31)28-25-12-15-8-16(13-25)10-17(9-15)14-25/h6-7,11,15-17H,1-5,8-10,12-14H2,(H,28,31). The molecule has 0 atom stereocenters. The van der Waals surface area contributed by atoms with E-state index in [4.69, 9.17) is 28.3 Å². The van der Waals surface area contributed by atoms with E-state index in [-0.39, 0.29) is 11.4 Å². The topological polar surface area (TPSA) is 46.9 Å². The summed E-state index contributed by atoms with van der Waals surface area (Å²) in [5, 5.41) is 9.45. The molecule has 5 aliphatic rings. The summed E-state index contributed by atoms with van der Waals surface area (Å²) in [7, 11) is 0. The van der Waals surface area contributed by atoms with Gasteiger partial charge in [-0.15, -0.1) is 0 Å². The Morgan fingerprint density at radius 2 is 1.65 bits per heavy atom. The second-order valence-electron chi connectivity index (χ2n) is 10.5. The molecule has 4 bridgehead atoms. The molecule has 6 heteroatoms. The van der Waals surface area contributed by atoms with Gasteiger partial charge in [0, 0.05) is 16.8 Å². The maximum absolute atomic E-state index is 13.6. The first-order chi connectivity index (χ1) is 15.0. The number of hydrogen-bond donors (Lipinski definition) is 1. The van der Waals surface area contributed by atoms with Crippen LogP contribution in [0.15, 0.2) is 18.2 Å². The molecule has 7 rings (SSSR count). The fourth-order valence-electron chi connectivity index (χ4n) is 7.35. The lowest BCUT2D eigenvalue weighted by Gasteiger charge is -2.56. The van der Waals surface area contributed by atoms with Gasteiger partial charge in [-0.2, -0.15) is 5.10 Å². The van der Waals surface area contributed by atoms with Crippen LogP contribution in [0.5, 0.6) is 0 Å². The molecule has 0 radical (unpaired) electrons. The summed E-state index contributed by atoms with van der Waals surface area (Å²) in [4.78, 5) is 13.6. The van der Waals surface area contributed by atoms with Crippen LogP contribution in [0.4, 0.5) is 0 Å². The van der Waals surface area contributed by atoms with E-state index < -0.39 is 0 Å². The molecule has 31 heavy (non-hydrogen) atoms. The Morgan fingerprint density at radius 3 is 2.32 bits per heavy atom. The first-order valence-electron chi connectivity index (χ1n) is 11.9. The second kappa shape index (κ2) is 7.52. The van der Waals surface area contributed by atoms with Gasteiger partial charge in [-0.25, -0.2) is 4.68 Å². The lowest BCUT2D eigenvalue weighted by molar-refractivity contribution is -0.0168. The van der Waals surface area contributed by atoms with Crippen molar-refractivity contribution in [1.82, 2.24) is 15.1 Å². The van der Waals surface area contributed by atoms with Crippen molar-refractivity contribution in [3.8, 4) is 5.69 Å². The zero-order chi connectivity index (χ0) is 21.2. The summed E-state index contributed by atoms with van der Waals surface area (Å²) in [6.45, 7) is 0. The summed E-state index contributed by atoms with van der Waals surface area (Å²) in [6, 6.07) is 5.59. The highest BCUT2D eigenvalue weighted by molar-refractivity contribution is 6.42. The van der Waals surface area contributed by atoms with Gasteiger partial charge >= 0.3 is 0 Å². The van der Waals surface area contributed by atoms with Crippen LogP contribution in [0.25, 0.3) is 5.69 Å². The van der Waals surface area contributed by atoms with Gasteiger partial charge in [0.1, 0.15) is 0 Å². The molecule has 1 aromatic heterocycles. The molecule has 1 heterocycles. The monoisotopic (exact) mass is 457 g/mol. The van der Waals surface area contributed by atoms with Crippen molar-refractivity contribution in [2.24, 2.45) is 17.8 Å². The fraction of sp³-hybridized carbons (Fsp3) is 0.600. The number of carbonyl (C=O) groups excluding carboxylic acids is 1. The zero-order valence-electron chi connectivity index (χ0n) is 17.8. The van der Waals surface area contributed by atoms with Crippen molar-refractivity contribution >= 4 is 29.1 Å². The Kier molecular flexibility index (Phi) is 4.88. The molecular weight excluding hydrogens is 429 g/mol. The van der Waals surface area contributed by atoms with Gasteiger partial charge in [-0.1, -0.05) is 29.6 Å². The molecule has 4 saturated carbocycles. The summed E-state index contributed by atoms with van der Waals surface area (Å²) < 4.78 is 1.94. The first-order valence-corrected chi connectivity index (χ1v) is 12.6. The molecular formula is C25H29Cl2N3O. The van der Waals surface area contributed by atoms with Crippen molar-refractivity contribution in [3.63, 3.8) is 0 Å². The van der Waals surface area contributed by atoms with Gasteiger partial charge in [-0.05, 0) is 100 Å². The molecule has 1 amide bonds. The van der Waals surface area contributed by atoms with Crippen LogP contribution in [0.2, 0.25) is 10.0 Å². The van der Waals surface area contributed by atoms with E-state index in [0.717, 1.165) is 79.6 Å². The smallest absolute Gasteiger partial charge is 0.272 e. The Balaban J connectivity index is 1.36. The van der Waals surface area contributed by atoms with Crippen molar-refractivity contribution in [3.05, 3.63) is 45.2 Å². The number of nitrogens with zero attached hydrogens (tertiary/aromatic N) is 2. The Hall–Kier alpha value is -1.52. The second-order valence-corrected chi connectivity index (χ2v) is 11.3. The predicted octanol–water partition coefficient (Wildman–Crippen LogP) is 6.15. The number of amides is 1. The predicted molar refractivity (Wildman–Crippen MR) is 123 cm³/mol. The number of hydrogen-bond acceptors (Lipinski definition) is 2. The first kappa shape index (κ1) is 20.1. The Labute approximate surface area is 193 Å². The summed E-state index contributed by atoms with van der Waals surface area (Å²) in [5.74, 6) is 2.44. The molecule has 164 valence electrons. The van der Waals surface area contributed by atoms with Crippen LogP contribution >= 0.6 is 23.2 Å². The lowest BCUT2D eigenvalue weighted by Crippen LogP contribution is -2.60. The molecule has 0 saturated heterocycles. The average Bonchev–Trinajstić information content (AvgIpc) is 2.90. The van der Waals surface area contributed by atoms with Crippen LogP contribution in [0.3, 0.4) is 0 Å². The minimum absolute atomic E-state index is 0.00317. The van der Waals surface area contributed by atoms with E-state index >= 15 is 0 Å². The van der Waals surface area contributed by atoms with Gasteiger partial charge in [0.25, 0.3) is 5.91 Å². The minimum atomic E-state index is -0.00317. The van der Waals surface area contributed by atoms with E-state index in [9.17, 15) is 4.79 Å². The maximum atomic E-state index is 13.6. The van der Waals surface area contributed by atoms with Crippen LogP contribution < -0.4 is 5.32 Å². The molecule has 0 spiro atoms. The molecule has 1 N–H and O–H groups in total. The van der Waals surface area contributed by atoms with E-state index in [1.54, 1.807) is 6.07 Å². The fourth-order valence-corrected chi connectivity index (χ4v) is 7.64. The molecule has 0 aliphatic heterocycles. The van der Waals surface area contributed by atoms with E-state index in [1.807, 2.05) is 16.8 Å². The average molecular weight is 458 g/mol. The van der Waals surface area contributed by atoms with Gasteiger partial charge in [-0.3, -0.25) is 4.79 Å². The normalized spacial score (nSPS) is 31.4. The van der Waals surface area contributed by atoms with Crippen molar-refractivity contribution in [2.75, 3.05) is 0 Å². The molecule has 2 aromatic rings. The summed E-state index contributed by atoms with van der Waals surface area (Å²) >= 11 is 12.4. The Bertz CT molecular complexity index is 1010. The highest BCUT2D eigenvalue weighted by Crippen LogP contribution is 2.55. The van der Waals surface area contributed by atoms with Crippen LogP contribution in [-0.4, -0.2) is 21.2 Å². The highest BCUT2D eigenvalue weighted by atomic mass is 35.5. The highest BCUT2D eigenvalue weighted by Gasteiger charge is 2.51. The molecule has 1 aromatic carbocycles. The molecule has 5 aliphatic carbocycles. The van der Waals surface area contributed by atoms with E-state index in [0.29, 0.717) is 15.7 Å². The minimum Gasteiger partial charge on any atom is -0.345 e. The molecule has 0 unspecified atom stereocenters. The number of aromatic nitrogens is 2. The SMILES string of the molecule is O=C(NC12CC3CC(CC(C3)C1)C2)c1nn(-c2ccc(Cl)c(Cl)c2)c2c1CCCCC2. The lowest BCUT2D eigenvalue weighted by atomic mass is 9.53. The van der Waals surface area contributed by atoms with Gasteiger partial charge < -0.3 is 5.32 Å². The largest absolute Gasteiger partial charge is 0.345 e. The Morgan fingerprint density at radius 1 is 0.968 bits per heavy atom. The van der Waals surface area contributed by atoms with Crippen LogP contribution in [0.1, 0.15) is 79.5 Å². The summed E-state index contributed by atoms with van der Waals surface area (Å²) in [6.07, 6.45) is 12.8. The third-order valence-electron chi connectivity index (χ3n) is 8.21. The number of benzene rings is 1. The van der Waals surface area contributed by atoms with E-state index in [1.165, 1.54) is 25.7 Å². The quantitative estimate of drug-likeness (QED) is 0.561. The number of halogens is 2. The van der Waals surface area contributed by atoms with Gasteiger partial charge in [0.2, 0.25) is 0 Å². The number of nitrogens with one attached hydrogen (secondary N) is 1. The summed E-state index contributed by atoms with van der Waals surface area (Å²) in [5.41, 5.74) is 3.79. The van der Waals surface area contributed by atoms with Crippen molar-refractivity contribution in [2.45, 2.75) is 76.2 Å². The van der Waals surface area contributed by atoms with E-state index in [2.05, 4.69) is 5.32 Å². The number of fused-ring (bicyclic) bond motifs is 1. The van der Waals surface area contributed by atoms with Crippen molar-refractivity contribution in [1.29, 1.82) is 0 Å². The molecule has 4 fully saturated rings. The zero-order valence-corrected chi connectivity index (χ0v) is 19.3.